The first-order valence-corrected chi connectivity index (χ1v) is 15.4. The molecule has 0 saturated carbocycles. The Morgan fingerprint density at radius 1 is 1.09 bits per heavy atom. The van der Waals surface area contributed by atoms with Crippen molar-refractivity contribution in [2.24, 2.45) is 10.7 Å². The highest BCUT2D eigenvalue weighted by Crippen LogP contribution is 2.35. The first-order valence-electron chi connectivity index (χ1n) is 14.6. The van der Waals surface area contributed by atoms with Gasteiger partial charge in [-0.3, -0.25) is 24.8 Å². The smallest absolute Gasteiger partial charge is 0.254 e. The number of aliphatic imine (C=N–C) groups is 1. The number of fused-ring (bicyclic) bond motifs is 1. The largest absolute Gasteiger partial charge is 0.375 e. The topological polar surface area (TPSA) is 141 Å². The summed E-state index contributed by atoms with van der Waals surface area (Å²) in [5.41, 5.74) is 9.53. The fourth-order valence-corrected chi connectivity index (χ4v) is 6.24. The van der Waals surface area contributed by atoms with Crippen LogP contribution in [-0.2, 0) is 26.5 Å². The van der Waals surface area contributed by atoms with Gasteiger partial charge in [0.15, 0.2) is 11.6 Å². The first kappa shape index (κ1) is 29.8. The third-order valence-electron chi connectivity index (χ3n) is 8.30. The monoisotopic (exact) mass is 658 g/mol. The highest BCUT2D eigenvalue weighted by Gasteiger charge is 2.53. The molecule has 11 nitrogen and oxygen atoms in total. The summed E-state index contributed by atoms with van der Waals surface area (Å²) in [5, 5.41) is 5.79. The van der Waals surface area contributed by atoms with Crippen molar-refractivity contribution in [2.75, 3.05) is 49.5 Å². The zero-order valence-corrected chi connectivity index (χ0v) is 26.0. The summed E-state index contributed by atoms with van der Waals surface area (Å²) in [7, 11) is 0. The van der Waals surface area contributed by atoms with Crippen molar-refractivity contribution < 1.29 is 14.3 Å². The molecule has 2 aliphatic heterocycles. The van der Waals surface area contributed by atoms with Crippen LogP contribution in [0, 0.1) is 6.92 Å². The van der Waals surface area contributed by atoms with E-state index in [9.17, 15) is 9.59 Å². The average molecular weight is 660 g/mol. The average Bonchev–Trinajstić information content (AvgIpc) is 3.66. The quantitative estimate of drug-likeness (QED) is 0.192. The Balaban J connectivity index is 1.08. The van der Waals surface area contributed by atoms with E-state index in [1.807, 2.05) is 55.5 Å². The summed E-state index contributed by atoms with van der Waals surface area (Å²) in [6.45, 7) is 7.81. The Morgan fingerprint density at radius 2 is 1.89 bits per heavy atom. The van der Waals surface area contributed by atoms with Crippen LogP contribution in [0.2, 0.25) is 0 Å². The van der Waals surface area contributed by atoms with E-state index in [0.29, 0.717) is 18.8 Å². The first-order chi connectivity index (χ1) is 21.3. The molecule has 2 aliphatic rings. The van der Waals surface area contributed by atoms with Crippen molar-refractivity contribution in [1.82, 2.24) is 20.2 Å². The molecule has 6 rings (SSSR count). The van der Waals surface area contributed by atoms with Gasteiger partial charge < -0.3 is 25.7 Å². The molecule has 2 unspecified atom stereocenters. The third-order valence-corrected chi connectivity index (χ3v) is 8.79. The molecule has 2 amide bonds. The predicted octanol–water partition coefficient (Wildman–Crippen LogP) is 3.29. The van der Waals surface area contributed by atoms with Crippen LogP contribution in [0.4, 0.5) is 11.6 Å². The molecule has 228 valence electrons. The van der Waals surface area contributed by atoms with Crippen molar-refractivity contribution >= 4 is 56.8 Å². The number of nitrogens with zero attached hydrogens (tertiary/aromatic N) is 4. The van der Waals surface area contributed by atoms with Gasteiger partial charge in [-0.15, -0.1) is 0 Å². The van der Waals surface area contributed by atoms with Gasteiger partial charge in [0.05, 0.1) is 30.6 Å². The number of primary amides is 1. The number of amides is 2. The molecule has 12 heteroatoms. The lowest BCUT2D eigenvalue weighted by Crippen LogP contribution is -2.59. The van der Waals surface area contributed by atoms with Gasteiger partial charge in [-0.1, -0.05) is 52.3 Å². The number of carbonyl (C=O) groups excluding carboxylic acids is 2. The van der Waals surface area contributed by atoms with E-state index in [-0.39, 0.29) is 5.95 Å². The number of aryl methyl sites for hydroxylation is 1. The van der Waals surface area contributed by atoms with Gasteiger partial charge in [-0.25, -0.2) is 4.98 Å². The number of ether oxygens (including phenoxy) is 1. The summed E-state index contributed by atoms with van der Waals surface area (Å²) in [6, 6.07) is 20.6. The molecule has 1 aromatic heterocycles. The van der Waals surface area contributed by atoms with Crippen LogP contribution >= 0.6 is 15.9 Å². The van der Waals surface area contributed by atoms with Crippen LogP contribution in [0.3, 0.4) is 0 Å². The summed E-state index contributed by atoms with van der Waals surface area (Å²) < 4.78 is 6.63. The van der Waals surface area contributed by atoms with Gasteiger partial charge in [0, 0.05) is 42.9 Å². The maximum Gasteiger partial charge on any atom is 0.254 e. The summed E-state index contributed by atoms with van der Waals surface area (Å²) in [5.74, 6) is -0.938. The number of nitrogens with two attached hydrogens (primary N) is 1. The van der Waals surface area contributed by atoms with E-state index >= 15 is 0 Å². The number of imidazole rings is 1. The number of carbonyl (C=O) groups is 2. The molecule has 3 heterocycles. The second-order valence-electron chi connectivity index (χ2n) is 11.1. The van der Waals surface area contributed by atoms with Crippen LogP contribution in [0.25, 0.3) is 11.0 Å². The summed E-state index contributed by atoms with van der Waals surface area (Å²) in [6.07, 6.45) is 1.36. The van der Waals surface area contributed by atoms with Crippen LogP contribution in [0.5, 0.6) is 0 Å². The molecule has 1 saturated heterocycles. The SMILES string of the molecule is Cc1ccc(Br)cc1C1(C(N)=O)NC=NC1C(=O)Nc1nc2ccc(N3CCN(CCOCc4ccccc4)CC3)cc2[nH]1. The standard InChI is InChI=1S/C32H35BrN8O3/c1-21-7-8-23(33)17-25(21)32(30(34)43)28(35-20-36-32)29(42)39-31-37-26-10-9-24(18-27(26)38-31)41-13-11-40(12-14-41)15-16-44-19-22-5-3-2-4-6-22/h2-10,17-18,20,28H,11-16,19H2,1H3,(H2,34,43)(H,35,36)(H2,37,38,39,42). The zero-order chi connectivity index (χ0) is 30.7. The summed E-state index contributed by atoms with van der Waals surface area (Å²) in [4.78, 5) is 43.2. The molecule has 0 bridgehead atoms. The fraction of sp³-hybridized carbons (Fsp3) is 0.312. The molecule has 0 radical (unpaired) electrons. The zero-order valence-electron chi connectivity index (χ0n) is 24.4. The van der Waals surface area contributed by atoms with Gasteiger partial charge in [0.2, 0.25) is 5.95 Å². The number of anilines is 2. The number of benzene rings is 3. The lowest BCUT2D eigenvalue weighted by molar-refractivity contribution is -0.129. The lowest BCUT2D eigenvalue weighted by Gasteiger charge is -2.36. The number of hydrogen-bond donors (Lipinski definition) is 4. The molecular formula is C32H35BrN8O3. The van der Waals surface area contributed by atoms with Crippen molar-refractivity contribution in [3.05, 3.63) is 87.9 Å². The molecule has 2 atom stereocenters. The molecule has 3 aromatic carbocycles. The molecule has 0 aliphatic carbocycles. The highest BCUT2D eigenvalue weighted by molar-refractivity contribution is 9.10. The number of aromatic nitrogens is 2. The Labute approximate surface area is 264 Å². The molecular weight excluding hydrogens is 624 g/mol. The Kier molecular flexibility index (Phi) is 8.65. The molecule has 0 spiro atoms. The maximum absolute atomic E-state index is 13.5. The number of piperazine rings is 1. The molecule has 4 aromatic rings. The maximum atomic E-state index is 13.5. The minimum absolute atomic E-state index is 0.272. The van der Waals surface area contributed by atoms with Gasteiger partial charge in [0.1, 0.15) is 0 Å². The van der Waals surface area contributed by atoms with Gasteiger partial charge >= 0.3 is 0 Å². The van der Waals surface area contributed by atoms with Crippen molar-refractivity contribution in [3.63, 3.8) is 0 Å². The molecule has 1 fully saturated rings. The van der Waals surface area contributed by atoms with E-state index in [4.69, 9.17) is 10.5 Å². The van der Waals surface area contributed by atoms with Crippen LogP contribution in [-0.4, -0.2) is 78.4 Å². The second kappa shape index (κ2) is 12.8. The second-order valence-corrected chi connectivity index (χ2v) is 12.0. The minimum Gasteiger partial charge on any atom is -0.375 e. The molecule has 5 N–H and O–H groups in total. The number of H-pyrrole nitrogens is 1. The Hall–Kier alpha value is -4.26. The Bertz CT molecular complexity index is 1690. The lowest BCUT2D eigenvalue weighted by atomic mass is 9.80. The predicted molar refractivity (Wildman–Crippen MR) is 175 cm³/mol. The Morgan fingerprint density at radius 3 is 2.66 bits per heavy atom. The van der Waals surface area contributed by atoms with Crippen molar-refractivity contribution in [2.45, 2.75) is 25.1 Å². The van der Waals surface area contributed by atoms with Crippen LogP contribution < -0.4 is 21.3 Å². The fourth-order valence-electron chi connectivity index (χ4n) is 5.88. The van der Waals surface area contributed by atoms with E-state index < -0.39 is 23.4 Å². The molecule has 44 heavy (non-hydrogen) atoms. The van der Waals surface area contributed by atoms with Gasteiger partial charge in [-0.2, -0.15) is 0 Å². The number of rotatable bonds is 10. The van der Waals surface area contributed by atoms with E-state index in [1.54, 1.807) is 6.07 Å². The number of hydrogen-bond acceptors (Lipinski definition) is 8. The van der Waals surface area contributed by atoms with Crippen molar-refractivity contribution in [1.29, 1.82) is 0 Å². The normalized spacial score (nSPS) is 20.1. The van der Waals surface area contributed by atoms with Crippen LogP contribution in [0.1, 0.15) is 16.7 Å². The van der Waals surface area contributed by atoms with E-state index in [2.05, 4.69) is 63.5 Å². The van der Waals surface area contributed by atoms with Gasteiger partial charge in [0.25, 0.3) is 11.8 Å². The van der Waals surface area contributed by atoms with Crippen LogP contribution in [0.15, 0.2) is 76.2 Å². The highest BCUT2D eigenvalue weighted by atomic mass is 79.9. The number of nitrogens with one attached hydrogen (secondary N) is 3. The van der Waals surface area contributed by atoms with E-state index in [0.717, 1.165) is 59.5 Å². The third kappa shape index (κ3) is 6.05. The van der Waals surface area contributed by atoms with E-state index in [1.165, 1.54) is 11.9 Å². The number of halogens is 1. The van der Waals surface area contributed by atoms with Crippen molar-refractivity contribution in [3.8, 4) is 0 Å². The summed E-state index contributed by atoms with van der Waals surface area (Å²) >= 11 is 3.46. The minimum atomic E-state index is -1.53. The number of aromatic amines is 1. The van der Waals surface area contributed by atoms with Gasteiger partial charge in [-0.05, 0) is 53.9 Å².